The Bertz CT molecular complexity index is 1050. The summed E-state index contributed by atoms with van der Waals surface area (Å²) < 4.78 is 159. The van der Waals surface area contributed by atoms with Gasteiger partial charge >= 0.3 is 41.9 Å². The van der Waals surface area contributed by atoms with Crippen LogP contribution in [0.4, 0.5) is 57.8 Å². The summed E-state index contributed by atoms with van der Waals surface area (Å²) in [6.07, 6.45) is -5.62. The molecule has 3 nitrogen and oxygen atoms in total. The molecule has 196 valence electrons. The summed E-state index contributed by atoms with van der Waals surface area (Å²) in [6.45, 7) is 3.77. The van der Waals surface area contributed by atoms with Crippen molar-refractivity contribution in [3.8, 4) is 11.3 Å². The van der Waals surface area contributed by atoms with E-state index in [-0.39, 0.29) is 11.6 Å². The van der Waals surface area contributed by atoms with Crippen LogP contribution in [0.1, 0.15) is 25.3 Å². The van der Waals surface area contributed by atoms with Gasteiger partial charge in [0.1, 0.15) is 0 Å². The first-order chi connectivity index (χ1) is 15.7. The monoisotopic (exact) mass is 546 g/mol. The molecule has 16 heteroatoms. The highest BCUT2D eigenvalue weighted by atomic mass is 32.1. The number of aromatic nitrogens is 1. The maximum Gasteiger partial charge on any atom is 0.393 e. The van der Waals surface area contributed by atoms with Crippen LogP contribution < -0.4 is 5.32 Å². The third-order valence-electron chi connectivity index (χ3n) is 4.76. The number of rotatable bonds is 9. The highest BCUT2D eigenvalue weighted by Crippen LogP contribution is 2.58. The van der Waals surface area contributed by atoms with Crippen LogP contribution in [0.3, 0.4) is 0 Å². The topological polar surface area (TPSA) is 42.0 Å². The minimum Gasteiger partial charge on any atom is -0.296 e. The lowest BCUT2D eigenvalue weighted by Gasteiger charge is -2.38. The standard InChI is InChI=1S/C19H14F12N2OS/c1-8(2)9-3-5-10(6-4-9)11-7-35-14(32-11)33-13(34)16(24,25)18(28,29)19(30,31)17(26,27)15(22,23)12(20)21/h3-8,12H,1-2H3,(H,32,33,34). The molecule has 35 heavy (non-hydrogen) atoms. The number of benzene rings is 1. The summed E-state index contributed by atoms with van der Waals surface area (Å²) in [7, 11) is 0. The number of anilines is 1. The van der Waals surface area contributed by atoms with Crippen molar-refractivity contribution in [3.63, 3.8) is 0 Å². The highest BCUT2D eigenvalue weighted by Gasteiger charge is 2.89. The minimum atomic E-state index is -7.78. The Hall–Kier alpha value is -2.52. The van der Waals surface area contributed by atoms with E-state index in [1.807, 2.05) is 13.8 Å². The number of thiazole rings is 1. The second-order valence-electron chi connectivity index (χ2n) is 7.49. The van der Waals surface area contributed by atoms with Gasteiger partial charge in [0.05, 0.1) is 5.69 Å². The lowest BCUT2D eigenvalue weighted by atomic mass is 9.94. The van der Waals surface area contributed by atoms with Crippen molar-refractivity contribution < 1.29 is 57.5 Å². The van der Waals surface area contributed by atoms with Crippen molar-refractivity contribution in [2.75, 3.05) is 5.32 Å². The summed E-state index contributed by atoms with van der Waals surface area (Å²) in [4.78, 5) is 15.2. The van der Waals surface area contributed by atoms with Crippen LogP contribution in [0.5, 0.6) is 0 Å². The molecule has 0 saturated heterocycles. The zero-order chi connectivity index (χ0) is 27.2. The fourth-order valence-corrected chi connectivity index (χ4v) is 3.28. The van der Waals surface area contributed by atoms with E-state index in [1.165, 1.54) is 12.1 Å². The Morgan fingerprint density at radius 1 is 0.857 bits per heavy atom. The maximum absolute atomic E-state index is 13.9. The van der Waals surface area contributed by atoms with E-state index in [9.17, 15) is 57.5 Å². The molecule has 0 aliphatic carbocycles. The molecule has 1 heterocycles. The summed E-state index contributed by atoms with van der Waals surface area (Å²) >= 11 is 0.355. The average Bonchev–Trinajstić information content (AvgIpc) is 3.21. The van der Waals surface area contributed by atoms with Crippen LogP contribution in [0.15, 0.2) is 29.6 Å². The van der Waals surface area contributed by atoms with Gasteiger partial charge < -0.3 is 0 Å². The molecule has 1 amide bonds. The van der Waals surface area contributed by atoms with Gasteiger partial charge in [-0.05, 0) is 11.5 Å². The summed E-state index contributed by atoms with van der Waals surface area (Å²) in [5.74, 6) is -40.0. The Morgan fingerprint density at radius 3 is 1.83 bits per heavy atom. The van der Waals surface area contributed by atoms with Gasteiger partial charge in [-0.15, -0.1) is 11.3 Å². The Kier molecular flexibility index (Phi) is 7.52. The van der Waals surface area contributed by atoms with Gasteiger partial charge in [0.25, 0.3) is 0 Å². The van der Waals surface area contributed by atoms with E-state index in [1.54, 1.807) is 12.1 Å². The molecule has 0 bridgehead atoms. The van der Waals surface area contributed by atoms with Crippen LogP contribution in [-0.4, -0.2) is 46.9 Å². The van der Waals surface area contributed by atoms with E-state index >= 15 is 0 Å². The lowest BCUT2D eigenvalue weighted by Crippen LogP contribution is -2.70. The van der Waals surface area contributed by atoms with Gasteiger partial charge in [-0.3, -0.25) is 10.1 Å². The molecule has 0 aliphatic rings. The highest BCUT2D eigenvalue weighted by molar-refractivity contribution is 7.14. The van der Waals surface area contributed by atoms with Gasteiger partial charge in [0.15, 0.2) is 5.13 Å². The molecule has 1 N–H and O–H groups in total. The average molecular weight is 546 g/mol. The first-order valence-corrected chi connectivity index (χ1v) is 10.1. The first-order valence-electron chi connectivity index (χ1n) is 9.26. The van der Waals surface area contributed by atoms with Gasteiger partial charge in [0.2, 0.25) is 0 Å². The van der Waals surface area contributed by atoms with Crippen molar-refractivity contribution in [1.82, 2.24) is 4.98 Å². The fourth-order valence-electron chi connectivity index (χ4n) is 2.56. The molecular weight excluding hydrogens is 532 g/mol. The molecule has 0 aliphatic heterocycles. The van der Waals surface area contributed by atoms with Gasteiger partial charge in [-0.1, -0.05) is 38.1 Å². The predicted octanol–water partition coefficient (Wildman–Crippen LogP) is 7.31. The smallest absolute Gasteiger partial charge is 0.296 e. The van der Waals surface area contributed by atoms with Crippen molar-refractivity contribution >= 4 is 22.4 Å². The number of carbonyl (C=O) groups is 1. The fraction of sp³-hybridized carbons (Fsp3) is 0.474. The summed E-state index contributed by atoms with van der Waals surface area (Å²) in [6, 6.07) is 6.41. The number of hydrogen-bond acceptors (Lipinski definition) is 3. The predicted molar refractivity (Wildman–Crippen MR) is 101 cm³/mol. The van der Waals surface area contributed by atoms with Gasteiger partial charge in [-0.2, -0.15) is 43.9 Å². The molecule has 0 unspecified atom stereocenters. The van der Waals surface area contributed by atoms with E-state index in [0.717, 1.165) is 16.3 Å². The Morgan fingerprint density at radius 2 is 1.37 bits per heavy atom. The third-order valence-corrected chi connectivity index (χ3v) is 5.52. The van der Waals surface area contributed by atoms with Gasteiger partial charge in [0, 0.05) is 10.9 Å². The van der Waals surface area contributed by atoms with Crippen LogP contribution in [0, 0.1) is 0 Å². The molecule has 0 atom stereocenters. The number of amides is 1. The van der Waals surface area contributed by atoms with Crippen molar-refractivity contribution in [2.45, 2.75) is 55.8 Å². The summed E-state index contributed by atoms with van der Waals surface area (Å²) in [5, 5.41) is 1.30. The second-order valence-corrected chi connectivity index (χ2v) is 8.35. The molecule has 0 radical (unpaired) electrons. The normalized spacial score (nSPS) is 14.1. The van der Waals surface area contributed by atoms with E-state index < -0.39 is 47.1 Å². The van der Waals surface area contributed by atoms with E-state index in [0.29, 0.717) is 16.9 Å². The molecule has 2 aromatic rings. The minimum absolute atomic E-state index is 0.0177. The Labute approximate surface area is 193 Å². The zero-order valence-electron chi connectivity index (χ0n) is 17.3. The number of alkyl halides is 12. The number of hydrogen-bond donors (Lipinski definition) is 1. The molecule has 1 aromatic carbocycles. The van der Waals surface area contributed by atoms with E-state index in [2.05, 4.69) is 4.98 Å². The quantitative estimate of drug-likeness (QED) is 0.335. The SMILES string of the molecule is CC(C)c1ccc(-c2csc(NC(=O)C(F)(F)C(F)(F)C(F)(F)C(F)(F)C(F)(F)C(F)F)n2)cc1. The summed E-state index contributed by atoms with van der Waals surface area (Å²) in [5.41, 5.74) is 1.28. The molecule has 1 aromatic heterocycles. The molecule has 0 fully saturated rings. The van der Waals surface area contributed by atoms with Crippen LogP contribution in [0.2, 0.25) is 0 Å². The van der Waals surface area contributed by atoms with Crippen molar-refractivity contribution in [3.05, 3.63) is 35.2 Å². The molecule has 2 rings (SSSR count). The number of carbonyl (C=O) groups excluding carboxylic acids is 1. The van der Waals surface area contributed by atoms with Crippen LogP contribution in [0.25, 0.3) is 11.3 Å². The van der Waals surface area contributed by atoms with Crippen LogP contribution >= 0.6 is 11.3 Å². The lowest BCUT2D eigenvalue weighted by molar-refractivity contribution is -0.406. The number of nitrogens with one attached hydrogen (secondary N) is 1. The second kappa shape index (κ2) is 9.17. The zero-order valence-corrected chi connectivity index (χ0v) is 18.2. The first kappa shape index (κ1) is 28.7. The molecule has 0 saturated carbocycles. The van der Waals surface area contributed by atoms with E-state index in [4.69, 9.17) is 0 Å². The largest absolute Gasteiger partial charge is 0.393 e. The van der Waals surface area contributed by atoms with Gasteiger partial charge in [-0.25, -0.2) is 13.8 Å². The van der Waals surface area contributed by atoms with Crippen molar-refractivity contribution in [2.24, 2.45) is 0 Å². The maximum atomic E-state index is 13.9. The number of nitrogens with zero attached hydrogens (tertiary/aromatic N) is 1. The molecular formula is C19H14F12N2OS. The third kappa shape index (κ3) is 4.68. The van der Waals surface area contributed by atoms with Crippen molar-refractivity contribution in [1.29, 1.82) is 0 Å². The number of halogens is 12. The molecule has 0 spiro atoms. The Balaban J connectivity index is 2.31. The van der Waals surface area contributed by atoms with Crippen LogP contribution in [-0.2, 0) is 4.79 Å².